The maximum absolute atomic E-state index is 14.3. The topological polar surface area (TPSA) is 119 Å². The number of ether oxygens (including phenoxy) is 2. The number of fused-ring (bicyclic) bond motifs is 1. The maximum atomic E-state index is 14.3. The number of likely N-dealkylation sites (N-methyl/N-ethyl adjacent to an activating group) is 1. The summed E-state index contributed by atoms with van der Waals surface area (Å²) in [4.78, 5) is 21.9. The van der Waals surface area contributed by atoms with Crippen molar-refractivity contribution in [2.45, 2.75) is 25.3 Å². The van der Waals surface area contributed by atoms with Crippen molar-refractivity contribution in [3.8, 4) is 11.7 Å². The highest BCUT2D eigenvalue weighted by atomic mass is 32.2. The summed E-state index contributed by atoms with van der Waals surface area (Å²) in [5.41, 5.74) is 0.644. The molecule has 2 aromatic heterocycles. The smallest absolute Gasteiger partial charge is 0.296 e. The highest BCUT2D eigenvalue weighted by Crippen LogP contribution is 2.33. The fourth-order valence-corrected chi connectivity index (χ4v) is 5.52. The number of imidazole rings is 1. The lowest BCUT2D eigenvalue weighted by Crippen LogP contribution is -2.49. The van der Waals surface area contributed by atoms with Gasteiger partial charge in [0.05, 0.1) is 32.1 Å². The van der Waals surface area contributed by atoms with Gasteiger partial charge < -0.3 is 19.3 Å². The van der Waals surface area contributed by atoms with Crippen LogP contribution in [0.25, 0.3) is 17.0 Å². The molecule has 0 radical (unpaired) electrons. The number of aromatic nitrogens is 5. The zero-order chi connectivity index (χ0) is 27.0. The van der Waals surface area contributed by atoms with Crippen LogP contribution in [0.15, 0.2) is 18.2 Å². The summed E-state index contributed by atoms with van der Waals surface area (Å²) in [5, 5.41) is 0. The zero-order valence-corrected chi connectivity index (χ0v) is 22.2. The summed E-state index contributed by atoms with van der Waals surface area (Å²) in [6, 6.07) is 4.72. The Balaban J connectivity index is 1.64. The molecule has 2 fully saturated rings. The molecule has 0 saturated carbocycles. The Morgan fingerprint density at radius 1 is 1.05 bits per heavy atom. The first-order chi connectivity index (χ1) is 18.2. The predicted molar refractivity (Wildman–Crippen MR) is 137 cm³/mol. The molecule has 3 aromatic rings. The number of sulfonamides is 1. The van der Waals surface area contributed by atoms with Crippen molar-refractivity contribution in [3.63, 3.8) is 0 Å². The molecule has 15 heteroatoms. The van der Waals surface area contributed by atoms with Gasteiger partial charge in [-0.2, -0.15) is 15.0 Å². The third kappa shape index (κ3) is 5.09. The summed E-state index contributed by atoms with van der Waals surface area (Å²) >= 11 is 0. The normalized spacial score (nSPS) is 19.1. The van der Waals surface area contributed by atoms with Crippen LogP contribution in [0.5, 0.6) is 5.75 Å². The van der Waals surface area contributed by atoms with Crippen LogP contribution in [0, 0.1) is 0 Å². The fourth-order valence-electron chi connectivity index (χ4n) is 4.81. The molecule has 0 bridgehead atoms. The molecule has 206 valence electrons. The minimum Gasteiger partial charge on any atom is -0.494 e. The highest BCUT2D eigenvalue weighted by molar-refractivity contribution is 7.88. The van der Waals surface area contributed by atoms with Gasteiger partial charge in [0.25, 0.3) is 6.43 Å². The number of hydrogen-bond donors (Lipinski definition) is 0. The summed E-state index contributed by atoms with van der Waals surface area (Å²) < 4.78 is 66.3. The minimum atomic E-state index is -3.40. The van der Waals surface area contributed by atoms with Crippen LogP contribution in [-0.2, 0) is 14.8 Å². The number of benzene rings is 1. The van der Waals surface area contributed by atoms with Gasteiger partial charge in [-0.1, -0.05) is 6.07 Å². The van der Waals surface area contributed by atoms with Crippen molar-refractivity contribution in [2.75, 3.05) is 69.6 Å². The number of rotatable bonds is 7. The number of hydrogen-bond acceptors (Lipinski definition) is 10. The maximum Gasteiger partial charge on any atom is 0.296 e. The molecule has 2 saturated heterocycles. The van der Waals surface area contributed by atoms with Gasteiger partial charge in [-0.3, -0.25) is 4.57 Å². The number of anilines is 2. The second-order valence-electron chi connectivity index (χ2n) is 9.29. The number of alkyl halides is 2. The van der Waals surface area contributed by atoms with E-state index in [1.54, 1.807) is 25.2 Å². The monoisotopic (exact) mass is 552 g/mol. The Kier molecular flexibility index (Phi) is 7.33. The number of piperidine rings is 1. The summed E-state index contributed by atoms with van der Waals surface area (Å²) in [6.07, 6.45) is -0.322. The number of morpholine rings is 1. The third-order valence-electron chi connectivity index (χ3n) is 6.90. The van der Waals surface area contributed by atoms with Crippen molar-refractivity contribution < 1.29 is 26.7 Å². The van der Waals surface area contributed by atoms with E-state index in [2.05, 4.69) is 15.0 Å². The number of methoxy groups -OCH3 is 1. The fraction of sp³-hybridized carbons (Fsp3) is 0.565. The summed E-state index contributed by atoms with van der Waals surface area (Å²) in [7, 11) is -0.390. The Hall–Kier alpha value is -3.17. The van der Waals surface area contributed by atoms with Crippen LogP contribution in [0.3, 0.4) is 0 Å². The molecule has 0 N–H and O–H groups in total. The molecule has 1 aromatic carbocycles. The zero-order valence-electron chi connectivity index (χ0n) is 21.4. The molecule has 0 amide bonds. The summed E-state index contributed by atoms with van der Waals surface area (Å²) in [6.45, 7) is 2.96. The van der Waals surface area contributed by atoms with Crippen LogP contribution >= 0.6 is 0 Å². The molecule has 5 rings (SSSR count). The lowest BCUT2D eigenvalue weighted by atomic mass is 10.1. The molecule has 12 nitrogen and oxygen atoms in total. The van der Waals surface area contributed by atoms with Crippen LogP contribution in [0.2, 0.25) is 0 Å². The Labute approximate surface area is 219 Å². The number of para-hydroxylation sites is 1. The molecule has 0 spiro atoms. The SMILES string of the molecule is COc1cccc2c1nc(C(F)F)n2-c1nc(N2CCOCC2)nc(N2CCC[C@@H](N(C)S(C)(=O)=O)C2)n1. The van der Waals surface area contributed by atoms with E-state index in [1.807, 2.05) is 9.80 Å². The van der Waals surface area contributed by atoms with E-state index in [4.69, 9.17) is 14.5 Å². The van der Waals surface area contributed by atoms with Gasteiger partial charge in [-0.25, -0.2) is 26.5 Å². The van der Waals surface area contributed by atoms with Gasteiger partial charge in [0.1, 0.15) is 11.3 Å². The lowest BCUT2D eigenvalue weighted by Gasteiger charge is -2.37. The summed E-state index contributed by atoms with van der Waals surface area (Å²) in [5.74, 6) is 0.461. The standard InChI is InChI=1S/C23H30F2N8O4S/c1-30(38(3,34)35)15-6-5-9-32(14-15)22-27-21(31-10-12-37-13-11-31)28-23(29-22)33-16-7-4-8-17(36-2)18(16)26-20(33)19(24)25/h4,7-8,15,19H,5-6,9-14H2,1-3H3/t15-/m1/s1. The minimum absolute atomic E-state index is 0.00105. The van der Waals surface area contributed by atoms with E-state index in [1.165, 1.54) is 22.2 Å². The average Bonchev–Trinajstić information content (AvgIpc) is 3.33. The van der Waals surface area contributed by atoms with E-state index in [-0.39, 0.29) is 23.5 Å². The molecule has 38 heavy (non-hydrogen) atoms. The first kappa shape index (κ1) is 26.4. The molecule has 2 aliphatic rings. The Morgan fingerprint density at radius 3 is 2.39 bits per heavy atom. The van der Waals surface area contributed by atoms with Gasteiger partial charge in [-0.15, -0.1) is 0 Å². The number of nitrogens with zero attached hydrogens (tertiary/aromatic N) is 8. The van der Waals surface area contributed by atoms with E-state index in [0.29, 0.717) is 69.4 Å². The molecule has 2 aliphatic heterocycles. The van der Waals surface area contributed by atoms with Crippen LogP contribution in [0.1, 0.15) is 25.1 Å². The van der Waals surface area contributed by atoms with Gasteiger partial charge in [0.15, 0.2) is 5.82 Å². The van der Waals surface area contributed by atoms with Gasteiger partial charge >= 0.3 is 0 Å². The molecule has 0 aliphatic carbocycles. The predicted octanol–water partition coefficient (Wildman–Crippen LogP) is 1.85. The quantitative estimate of drug-likeness (QED) is 0.430. The molecule has 4 heterocycles. The van der Waals surface area contributed by atoms with Crippen LogP contribution in [-0.4, -0.2) is 103 Å². The lowest BCUT2D eigenvalue weighted by molar-refractivity contribution is 0.122. The van der Waals surface area contributed by atoms with Gasteiger partial charge in [0.2, 0.25) is 27.9 Å². The van der Waals surface area contributed by atoms with E-state index < -0.39 is 22.3 Å². The average molecular weight is 553 g/mol. The van der Waals surface area contributed by atoms with Crippen LogP contribution < -0.4 is 14.5 Å². The van der Waals surface area contributed by atoms with Crippen LogP contribution in [0.4, 0.5) is 20.7 Å². The van der Waals surface area contributed by atoms with E-state index in [0.717, 1.165) is 0 Å². The van der Waals surface area contributed by atoms with Crippen molar-refractivity contribution in [2.24, 2.45) is 0 Å². The highest BCUT2D eigenvalue weighted by Gasteiger charge is 2.31. The molecule has 1 atom stereocenters. The van der Waals surface area contributed by atoms with Crippen molar-refractivity contribution in [1.29, 1.82) is 0 Å². The van der Waals surface area contributed by atoms with Crippen molar-refractivity contribution in [1.82, 2.24) is 28.8 Å². The molecule has 0 unspecified atom stereocenters. The third-order valence-corrected chi connectivity index (χ3v) is 8.24. The molecular formula is C23H30F2N8O4S. The van der Waals surface area contributed by atoms with Crippen molar-refractivity contribution in [3.05, 3.63) is 24.0 Å². The van der Waals surface area contributed by atoms with E-state index >= 15 is 0 Å². The second-order valence-corrected chi connectivity index (χ2v) is 11.3. The second kappa shape index (κ2) is 10.5. The first-order valence-corrected chi connectivity index (χ1v) is 14.1. The van der Waals surface area contributed by atoms with E-state index in [9.17, 15) is 17.2 Å². The Morgan fingerprint density at radius 2 is 1.74 bits per heavy atom. The van der Waals surface area contributed by atoms with Gasteiger partial charge in [-0.05, 0) is 25.0 Å². The Bertz CT molecular complexity index is 1410. The van der Waals surface area contributed by atoms with Crippen molar-refractivity contribution >= 4 is 33.0 Å². The largest absolute Gasteiger partial charge is 0.494 e. The first-order valence-electron chi connectivity index (χ1n) is 12.3. The number of halogens is 2. The molecular weight excluding hydrogens is 522 g/mol. The van der Waals surface area contributed by atoms with Gasteiger partial charge in [0, 0.05) is 39.3 Å².